The van der Waals surface area contributed by atoms with Gasteiger partial charge in [0.2, 0.25) is 0 Å². The van der Waals surface area contributed by atoms with Gasteiger partial charge in [-0.15, -0.1) is 0 Å². The van der Waals surface area contributed by atoms with Gasteiger partial charge < -0.3 is 4.90 Å². The third kappa shape index (κ3) is 2.48. The highest BCUT2D eigenvalue weighted by Crippen LogP contribution is 2.23. The van der Waals surface area contributed by atoms with Crippen LogP contribution in [0.3, 0.4) is 0 Å². The van der Waals surface area contributed by atoms with Crippen LogP contribution in [-0.4, -0.2) is 23.4 Å². The topological polar surface area (TPSA) is 20.3 Å². The van der Waals surface area contributed by atoms with E-state index in [0.717, 1.165) is 19.4 Å². The van der Waals surface area contributed by atoms with Crippen LogP contribution in [0.5, 0.6) is 0 Å². The Bertz CT molecular complexity index is 247. The average molecular weight is 179 g/mol. The summed E-state index contributed by atoms with van der Waals surface area (Å²) < 4.78 is 0. The first-order chi connectivity index (χ1) is 6.15. The van der Waals surface area contributed by atoms with Gasteiger partial charge >= 0.3 is 0 Å². The van der Waals surface area contributed by atoms with Crippen molar-refractivity contribution in [1.82, 2.24) is 4.90 Å². The fourth-order valence-electron chi connectivity index (χ4n) is 1.68. The Hall–Kier alpha value is -0.970. The first kappa shape index (κ1) is 10.1. The maximum Gasteiger partial charge on any atom is 0.298 e. The molecule has 1 aliphatic heterocycles. The zero-order chi connectivity index (χ0) is 9.84. The second kappa shape index (κ2) is 4.32. The minimum Gasteiger partial charge on any atom is -0.329 e. The van der Waals surface area contributed by atoms with Gasteiger partial charge in [-0.1, -0.05) is 19.8 Å². The molecule has 0 aromatic heterocycles. The number of nitrogens with zero attached hydrogens (tertiary/aromatic N) is 1. The van der Waals surface area contributed by atoms with Crippen LogP contribution in [0.4, 0.5) is 0 Å². The Morgan fingerprint density at radius 3 is 2.69 bits per heavy atom. The van der Waals surface area contributed by atoms with Crippen LogP contribution in [0.15, 0.2) is 0 Å². The largest absolute Gasteiger partial charge is 0.329 e. The van der Waals surface area contributed by atoms with E-state index < -0.39 is 0 Å². The Morgan fingerprint density at radius 1 is 1.62 bits per heavy atom. The Kier molecular flexibility index (Phi) is 3.36. The molecule has 72 valence electrons. The zero-order valence-electron chi connectivity index (χ0n) is 8.63. The number of hydrogen-bond donors (Lipinski definition) is 0. The highest BCUT2D eigenvalue weighted by molar-refractivity contribution is 5.94. The molecule has 0 saturated carbocycles. The van der Waals surface area contributed by atoms with Gasteiger partial charge in [0.1, 0.15) is 0 Å². The first-order valence-corrected chi connectivity index (χ1v) is 4.88. The summed E-state index contributed by atoms with van der Waals surface area (Å²) in [5, 5.41) is 0. The van der Waals surface area contributed by atoms with E-state index >= 15 is 0 Å². The maximum atomic E-state index is 11.4. The van der Waals surface area contributed by atoms with Gasteiger partial charge in [0.05, 0.1) is 0 Å². The van der Waals surface area contributed by atoms with Gasteiger partial charge in [0.25, 0.3) is 5.91 Å². The standard InChI is InChI=1S/C11H17NO/c1-4-5-11(13)12-7-6-10(12)8-9(2)3/h9-10H,6-8H2,1-3H3. The molecule has 2 heteroatoms. The molecule has 1 amide bonds. The predicted octanol–water partition coefficient (Wildman–Crippen LogP) is 1.66. The molecule has 1 saturated heterocycles. The number of carbonyl (C=O) groups excluding carboxylic acids is 1. The van der Waals surface area contributed by atoms with E-state index in [0.29, 0.717) is 12.0 Å². The zero-order valence-corrected chi connectivity index (χ0v) is 8.63. The Morgan fingerprint density at radius 2 is 2.31 bits per heavy atom. The van der Waals surface area contributed by atoms with Crippen molar-refractivity contribution >= 4 is 5.91 Å². The van der Waals surface area contributed by atoms with Crippen LogP contribution in [-0.2, 0) is 4.79 Å². The molecule has 0 aliphatic carbocycles. The van der Waals surface area contributed by atoms with Crippen LogP contribution >= 0.6 is 0 Å². The molecule has 2 nitrogen and oxygen atoms in total. The summed E-state index contributed by atoms with van der Waals surface area (Å²) in [6.45, 7) is 6.97. The molecule has 0 aromatic carbocycles. The summed E-state index contributed by atoms with van der Waals surface area (Å²) in [6.07, 6.45) is 2.26. The fourth-order valence-corrected chi connectivity index (χ4v) is 1.68. The second-order valence-electron chi connectivity index (χ2n) is 3.95. The number of rotatable bonds is 2. The average Bonchev–Trinajstić information content (AvgIpc) is 1.98. The molecule has 1 unspecified atom stereocenters. The molecule has 13 heavy (non-hydrogen) atoms. The molecule has 1 atom stereocenters. The third-order valence-electron chi connectivity index (χ3n) is 2.38. The molecule has 0 radical (unpaired) electrons. The van der Waals surface area contributed by atoms with Crippen molar-refractivity contribution in [2.24, 2.45) is 5.92 Å². The van der Waals surface area contributed by atoms with Crippen LogP contribution in [0.1, 0.15) is 33.6 Å². The van der Waals surface area contributed by atoms with Crippen LogP contribution in [0, 0.1) is 17.8 Å². The van der Waals surface area contributed by atoms with Crippen LogP contribution < -0.4 is 0 Å². The van der Waals surface area contributed by atoms with E-state index in [4.69, 9.17) is 0 Å². The summed E-state index contributed by atoms with van der Waals surface area (Å²) in [5.41, 5.74) is 0. The van der Waals surface area contributed by atoms with Gasteiger partial charge in [0, 0.05) is 12.6 Å². The molecule has 1 aliphatic rings. The lowest BCUT2D eigenvalue weighted by Crippen LogP contribution is -2.51. The fraction of sp³-hybridized carbons (Fsp3) is 0.727. The van der Waals surface area contributed by atoms with E-state index in [9.17, 15) is 4.79 Å². The monoisotopic (exact) mass is 179 g/mol. The molecule has 1 fully saturated rings. The second-order valence-corrected chi connectivity index (χ2v) is 3.95. The smallest absolute Gasteiger partial charge is 0.298 e. The van der Waals surface area contributed by atoms with E-state index in [1.165, 1.54) is 0 Å². The lowest BCUT2D eigenvalue weighted by Gasteiger charge is -2.40. The maximum absolute atomic E-state index is 11.4. The number of hydrogen-bond acceptors (Lipinski definition) is 1. The van der Waals surface area contributed by atoms with E-state index in [2.05, 4.69) is 25.7 Å². The number of carbonyl (C=O) groups is 1. The molecule has 0 spiro atoms. The highest BCUT2D eigenvalue weighted by Gasteiger charge is 2.31. The Balaban J connectivity index is 2.43. The minimum atomic E-state index is -0.000556. The SMILES string of the molecule is CC#CC(=O)N1CCC1CC(C)C. The summed E-state index contributed by atoms with van der Waals surface area (Å²) >= 11 is 0. The van der Waals surface area contributed by atoms with Crippen LogP contribution in [0.2, 0.25) is 0 Å². The lowest BCUT2D eigenvalue weighted by atomic mass is 9.93. The van der Waals surface area contributed by atoms with Crippen molar-refractivity contribution in [2.45, 2.75) is 39.7 Å². The molecule has 1 heterocycles. The highest BCUT2D eigenvalue weighted by atomic mass is 16.2. The van der Waals surface area contributed by atoms with E-state index in [1.807, 2.05) is 4.90 Å². The summed E-state index contributed by atoms with van der Waals surface area (Å²) in [5.74, 6) is 5.90. The van der Waals surface area contributed by atoms with Gasteiger partial charge in [-0.2, -0.15) is 0 Å². The van der Waals surface area contributed by atoms with Gasteiger partial charge in [-0.05, 0) is 31.6 Å². The van der Waals surface area contributed by atoms with Crippen molar-refractivity contribution in [2.75, 3.05) is 6.54 Å². The number of likely N-dealkylation sites (tertiary alicyclic amines) is 1. The molecule has 0 N–H and O–H groups in total. The third-order valence-corrected chi connectivity index (χ3v) is 2.38. The van der Waals surface area contributed by atoms with E-state index in [1.54, 1.807) is 6.92 Å². The van der Waals surface area contributed by atoms with E-state index in [-0.39, 0.29) is 5.91 Å². The molecular formula is C11H17NO. The summed E-state index contributed by atoms with van der Waals surface area (Å²) in [7, 11) is 0. The minimum absolute atomic E-state index is 0.000556. The van der Waals surface area contributed by atoms with Gasteiger partial charge in [0.15, 0.2) is 0 Å². The van der Waals surface area contributed by atoms with Crippen molar-refractivity contribution in [1.29, 1.82) is 0 Å². The molecule has 1 rings (SSSR count). The van der Waals surface area contributed by atoms with Crippen LogP contribution in [0.25, 0.3) is 0 Å². The van der Waals surface area contributed by atoms with Crippen molar-refractivity contribution in [3.63, 3.8) is 0 Å². The molecule has 0 aromatic rings. The van der Waals surface area contributed by atoms with Gasteiger partial charge in [-0.25, -0.2) is 0 Å². The van der Waals surface area contributed by atoms with Crippen molar-refractivity contribution in [3.8, 4) is 11.8 Å². The summed E-state index contributed by atoms with van der Waals surface area (Å²) in [4.78, 5) is 13.3. The summed E-state index contributed by atoms with van der Waals surface area (Å²) in [6, 6.07) is 0.452. The molecule has 0 bridgehead atoms. The van der Waals surface area contributed by atoms with Crippen molar-refractivity contribution in [3.05, 3.63) is 0 Å². The normalized spacial score (nSPS) is 20.6. The predicted molar refractivity (Wildman–Crippen MR) is 53.0 cm³/mol. The lowest BCUT2D eigenvalue weighted by molar-refractivity contribution is -0.132. The number of amides is 1. The van der Waals surface area contributed by atoms with Crippen molar-refractivity contribution < 1.29 is 4.79 Å². The first-order valence-electron chi connectivity index (χ1n) is 4.88. The molecular weight excluding hydrogens is 162 g/mol. The quantitative estimate of drug-likeness (QED) is 0.590. The van der Waals surface area contributed by atoms with Gasteiger partial charge in [-0.3, -0.25) is 4.79 Å². The Labute approximate surface area is 80.3 Å².